The number of aliphatic hydroxyl groups is 1. The Morgan fingerprint density at radius 1 is 0.979 bits per heavy atom. The van der Waals surface area contributed by atoms with Gasteiger partial charge in [0.2, 0.25) is 11.8 Å². The van der Waals surface area contributed by atoms with Crippen LogP contribution in [-0.2, 0) is 54.0 Å². The second kappa shape index (κ2) is 17.0. The molecule has 0 aromatic carbocycles. The quantitative estimate of drug-likeness (QED) is 0.0607. The first kappa shape index (κ1) is 38.6. The van der Waals surface area contributed by atoms with Crippen LogP contribution in [0.5, 0.6) is 0 Å². The van der Waals surface area contributed by atoms with Gasteiger partial charge in [-0.2, -0.15) is 8.62 Å². The number of carbonyl (C=O) groups is 2. The fourth-order valence-corrected chi connectivity index (χ4v) is 7.32. The van der Waals surface area contributed by atoms with E-state index in [4.69, 9.17) is 14.5 Å². The SMILES string of the molecule is O=C(Cc1cnc[nH]1)NCCCCCCNC(=O)Cc1cn([C@H]2C[C@H](O)[C@@H](COP(=O)(O)OP(=O)(O)OP(=O)(O)O)O2)c(=O)[nH]c1=O. The molecule has 2 unspecified atom stereocenters. The Morgan fingerprint density at radius 3 is 2.21 bits per heavy atom. The van der Waals surface area contributed by atoms with Gasteiger partial charge in [0.1, 0.15) is 12.3 Å². The normalized spacial score (nSPS) is 20.7. The molecule has 0 saturated carbocycles. The number of carbonyl (C=O) groups excluding carboxylic acids is 2. The average molecular weight is 732 g/mol. The van der Waals surface area contributed by atoms with E-state index in [1.165, 1.54) is 6.33 Å². The number of aromatic nitrogens is 4. The Hall–Kier alpha value is -2.84. The van der Waals surface area contributed by atoms with Gasteiger partial charge >= 0.3 is 29.2 Å². The Bertz CT molecular complexity index is 1620. The molecule has 25 heteroatoms. The molecule has 2 aromatic rings. The first-order chi connectivity index (χ1) is 21.9. The van der Waals surface area contributed by atoms with E-state index in [-0.39, 0.29) is 24.3 Å². The molecule has 3 rings (SSSR count). The van der Waals surface area contributed by atoms with Crippen LogP contribution in [0.3, 0.4) is 0 Å². The summed E-state index contributed by atoms with van der Waals surface area (Å²) < 4.78 is 52.2. The van der Waals surface area contributed by atoms with Gasteiger partial charge in [0.15, 0.2) is 0 Å². The van der Waals surface area contributed by atoms with Gasteiger partial charge in [-0.05, 0) is 12.8 Å². The number of nitrogens with zero attached hydrogens (tertiary/aromatic N) is 2. The summed E-state index contributed by atoms with van der Waals surface area (Å²) in [7, 11) is -16.8. The number of H-pyrrole nitrogens is 2. The first-order valence-corrected chi connectivity index (χ1v) is 18.4. The largest absolute Gasteiger partial charge is 0.490 e. The van der Waals surface area contributed by atoms with Crippen molar-refractivity contribution in [3.63, 3.8) is 0 Å². The Labute approximate surface area is 265 Å². The number of unbranched alkanes of at least 4 members (excludes halogenated alkanes) is 3. The molecule has 1 aliphatic rings. The van der Waals surface area contributed by atoms with Crippen LogP contribution < -0.4 is 21.9 Å². The van der Waals surface area contributed by atoms with Crippen LogP contribution in [0, 0.1) is 0 Å². The van der Waals surface area contributed by atoms with E-state index in [9.17, 15) is 47.8 Å². The summed E-state index contributed by atoms with van der Waals surface area (Å²) in [4.78, 5) is 93.8. The average Bonchev–Trinajstić information content (AvgIpc) is 3.57. The minimum absolute atomic E-state index is 0.109. The van der Waals surface area contributed by atoms with Crippen LogP contribution in [0.1, 0.15) is 49.6 Å². The lowest BCUT2D eigenvalue weighted by Crippen LogP contribution is -2.36. The predicted molar refractivity (Wildman–Crippen MR) is 156 cm³/mol. The van der Waals surface area contributed by atoms with Crippen molar-refractivity contribution < 1.29 is 65.8 Å². The molecule has 3 heterocycles. The molecule has 1 aliphatic heterocycles. The van der Waals surface area contributed by atoms with Crippen molar-refractivity contribution >= 4 is 35.3 Å². The van der Waals surface area contributed by atoms with E-state index in [1.807, 2.05) is 4.98 Å². The first-order valence-electron chi connectivity index (χ1n) is 13.9. The summed E-state index contributed by atoms with van der Waals surface area (Å²) in [5, 5.41) is 15.8. The van der Waals surface area contributed by atoms with Crippen LogP contribution >= 0.6 is 23.5 Å². The third-order valence-electron chi connectivity index (χ3n) is 6.38. The molecule has 5 atom stereocenters. The lowest BCUT2D eigenvalue weighted by molar-refractivity contribution is -0.121. The lowest BCUT2D eigenvalue weighted by atomic mass is 10.1. The minimum Gasteiger partial charge on any atom is -0.390 e. The standard InChI is InChI=1S/C22H35N6O16P3/c29-16-9-20(42-17(16)12-41-46(37,38)44-47(39,40)43-45(34,35)36)28-11-14(21(32)27-22(28)33)7-18(30)24-5-3-1-2-4-6-25-19(31)8-15-10-23-13-26-15/h10-11,13,16-17,20,29H,1-9,12H2,(H,23,26)(H,24,30)(H,25,31)(H,37,38)(H,39,40)(H,27,32,33)(H2,34,35,36)/t16-,17+,20+/m0/s1. The molecule has 0 spiro atoms. The number of hydrogen-bond donors (Lipinski definition) is 9. The summed E-state index contributed by atoms with van der Waals surface area (Å²) in [5.74, 6) is -0.628. The summed E-state index contributed by atoms with van der Waals surface area (Å²) in [6.07, 6.45) is 2.50. The Balaban J connectivity index is 1.42. The van der Waals surface area contributed by atoms with Crippen LogP contribution in [0.25, 0.3) is 0 Å². The molecule has 264 valence electrons. The molecule has 2 aromatic heterocycles. The maximum atomic E-state index is 12.4. The van der Waals surface area contributed by atoms with Gasteiger partial charge in [0, 0.05) is 43.2 Å². The second-order valence-electron chi connectivity index (χ2n) is 10.2. The number of aromatic amines is 2. The molecule has 2 amide bonds. The Kier molecular flexibility index (Phi) is 14.0. The van der Waals surface area contributed by atoms with Gasteiger partial charge in [-0.1, -0.05) is 12.8 Å². The van der Waals surface area contributed by atoms with Crippen molar-refractivity contribution in [3.05, 3.63) is 50.8 Å². The third kappa shape index (κ3) is 13.7. The maximum absolute atomic E-state index is 12.4. The number of phosphoric acid groups is 3. The van der Waals surface area contributed by atoms with Gasteiger partial charge in [-0.15, -0.1) is 0 Å². The molecule has 1 fully saturated rings. The molecule has 22 nitrogen and oxygen atoms in total. The summed E-state index contributed by atoms with van der Waals surface area (Å²) in [6, 6.07) is 0. The number of ether oxygens (including phenoxy) is 1. The van der Waals surface area contributed by atoms with Gasteiger partial charge in [-0.25, -0.2) is 23.5 Å². The van der Waals surface area contributed by atoms with E-state index in [0.29, 0.717) is 25.2 Å². The van der Waals surface area contributed by atoms with Crippen LogP contribution in [-0.4, -0.2) is 87.9 Å². The molecule has 47 heavy (non-hydrogen) atoms. The number of aliphatic hydroxyl groups excluding tert-OH is 1. The zero-order valence-corrected chi connectivity index (χ0v) is 27.2. The Morgan fingerprint density at radius 2 is 1.62 bits per heavy atom. The summed E-state index contributed by atoms with van der Waals surface area (Å²) >= 11 is 0. The van der Waals surface area contributed by atoms with Crippen molar-refractivity contribution in [3.8, 4) is 0 Å². The molecule has 9 N–H and O–H groups in total. The highest BCUT2D eigenvalue weighted by Gasteiger charge is 2.43. The molecule has 0 radical (unpaired) electrons. The second-order valence-corrected chi connectivity index (χ2v) is 14.6. The van der Waals surface area contributed by atoms with Crippen molar-refractivity contribution in [2.45, 2.75) is 63.4 Å². The number of rotatable bonds is 19. The minimum atomic E-state index is -5.76. The summed E-state index contributed by atoms with van der Waals surface area (Å²) in [6.45, 7) is -0.138. The molecule has 1 saturated heterocycles. The number of imidazole rings is 1. The van der Waals surface area contributed by atoms with Gasteiger partial charge < -0.3 is 45.0 Å². The smallest absolute Gasteiger partial charge is 0.390 e. The molecular weight excluding hydrogens is 697 g/mol. The number of nitrogens with one attached hydrogen (secondary N) is 4. The van der Waals surface area contributed by atoms with Crippen molar-refractivity contribution in [1.82, 2.24) is 30.2 Å². The predicted octanol–water partition coefficient (Wildman–Crippen LogP) is -1.17. The zero-order chi connectivity index (χ0) is 34.8. The van der Waals surface area contributed by atoms with Crippen molar-refractivity contribution in [2.75, 3.05) is 19.7 Å². The van der Waals surface area contributed by atoms with E-state index < -0.39 is 72.1 Å². The monoisotopic (exact) mass is 732 g/mol. The fraction of sp³-hybridized carbons (Fsp3) is 0.591. The number of amides is 2. The van der Waals surface area contributed by atoms with Gasteiger partial charge in [0.05, 0.1) is 31.9 Å². The van der Waals surface area contributed by atoms with E-state index in [0.717, 1.165) is 30.0 Å². The van der Waals surface area contributed by atoms with E-state index in [1.54, 1.807) is 6.20 Å². The van der Waals surface area contributed by atoms with Gasteiger partial charge in [-0.3, -0.25) is 28.5 Å². The maximum Gasteiger partial charge on any atom is 0.490 e. The van der Waals surface area contributed by atoms with Crippen LogP contribution in [0.2, 0.25) is 0 Å². The topological polar surface area (TPSA) is 331 Å². The van der Waals surface area contributed by atoms with Crippen molar-refractivity contribution in [1.29, 1.82) is 0 Å². The highest BCUT2D eigenvalue weighted by Crippen LogP contribution is 2.66. The van der Waals surface area contributed by atoms with E-state index >= 15 is 0 Å². The summed E-state index contributed by atoms with van der Waals surface area (Å²) in [5.41, 5.74) is -1.18. The molecule has 0 aliphatic carbocycles. The van der Waals surface area contributed by atoms with E-state index in [2.05, 4.69) is 33.7 Å². The molecular formula is C22H35N6O16P3. The fourth-order valence-electron chi connectivity index (χ4n) is 4.29. The highest BCUT2D eigenvalue weighted by atomic mass is 31.3. The third-order valence-corrected chi connectivity index (χ3v) is 10.2. The van der Waals surface area contributed by atoms with Gasteiger partial charge in [0.25, 0.3) is 5.56 Å². The van der Waals surface area contributed by atoms with Crippen LogP contribution in [0.15, 0.2) is 28.3 Å². The number of hydrogen-bond acceptors (Lipinski definition) is 13. The zero-order valence-electron chi connectivity index (χ0n) is 24.5. The highest BCUT2D eigenvalue weighted by molar-refractivity contribution is 7.66. The number of phosphoric ester groups is 1. The lowest BCUT2D eigenvalue weighted by Gasteiger charge is -2.19. The van der Waals surface area contributed by atoms with Crippen LogP contribution in [0.4, 0.5) is 0 Å². The molecule has 0 bridgehead atoms. The van der Waals surface area contributed by atoms with Crippen molar-refractivity contribution in [2.24, 2.45) is 0 Å².